The minimum atomic E-state index is 0.861. The van der Waals surface area contributed by atoms with Crippen LogP contribution in [0.15, 0.2) is 11.6 Å². The highest BCUT2D eigenvalue weighted by atomic mass is 79.9. The SMILES string of the molecule is C#CCCC=C(C)CCBr. The predicted octanol–water partition coefficient (Wildman–Crippen LogP) is 3.13. The first kappa shape index (κ1) is 9.78. The van der Waals surface area contributed by atoms with Gasteiger partial charge in [0.1, 0.15) is 0 Å². The third-order valence-corrected chi connectivity index (χ3v) is 1.67. The van der Waals surface area contributed by atoms with Crippen LogP contribution in [0.25, 0.3) is 0 Å². The molecule has 0 spiro atoms. The van der Waals surface area contributed by atoms with E-state index in [4.69, 9.17) is 6.42 Å². The molecule has 0 rings (SSSR count). The molecule has 0 aromatic carbocycles. The van der Waals surface area contributed by atoms with Gasteiger partial charge in [-0.15, -0.1) is 12.3 Å². The summed E-state index contributed by atoms with van der Waals surface area (Å²) in [5.74, 6) is 2.61. The van der Waals surface area contributed by atoms with Gasteiger partial charge in [0.05, 0.1) is 0 Å². The first-order valence-electron chi connectivity index (χ1n) is 3.46. The number of terminal acetylenes is 1. The predicted molar refractivity (Wildman–Crippen MR) is 50.2 cm³/mol. The van der Waals surface area contributed by atoms with E-state index in [9.17, 15) is 0 Å². The van der Waals surface area contributed by atoms with Gasteiger partial charge in [0, 0.05) is 11.8 Å². The average molecular weight is 201 g/mol. The Morgan fingerprint density at radius 1 is 1.70 bits per heavy atom. The van der Waals surface area contributed by atoms with Crippen molar-refractivity contribution in [2.45, 2.75) is 26.2 Å². The molecule has 0 fully saturated rings. The van der Waals surface area contributed by atoms with Crippen LogP contribution in [0.2, 0.25) is 0 Å². The number of unbranched alkanes of at least 4 members (excludes halogenated alkanes) is 1. The molecule has 0 saturated heterocycles. The summed E-state index contributed by atoms with van der Waals surface area (Å²) >= 11 is 3.38. The van der Waals surface area contributed by atoms with E-state index in [1.54, 1.807) is 0 Å². The van der Waals surface area contributed by atoms with Crippen molar-refractivity contribution in [1.29, 1.82) is 0 Å². The van der Waals surface area contributed by atoms with E-state index >= 15 is 0 Å². The quantitative estimate of drug-likeness (QED) is 0.283. The lowest BCUT2D eigenvalue weighted by atomic mass is 10.2. The lowest BCUT2D eigenvalue weighted by molar-refractivity contribution is 1.02. The van der Waals surface area contributed by atoms with E-state index in [1.807, 2.05) is 0 Å². The number of alkyl halides is 1. The molecule has 0 aliphatic heterocycles. The van der Waals surface area contributed by atoms with E-state index in [0.29, 0.717) is 0 Å². The zero-order valence-corrected chi connectivity index (χ0v) is 7.95. The van der Waals surface area contributed by atoms with E-state index in [-0.39, 0.29) is 0 Å². The fourth-order valence-electron chi connectivity index (χ4n) is 0.653. The molecule has 0 radical (unpaired) electrons. The highest BCUT2D eigenvalue weighted by Crippen LogP contribution is 2.04. The van der Waals surface area contributed by atoms with Crippen LogP contribution in [0.4, 0.5) is 0 Å². The van der Waals surface area contributed by atoms with Crippen LogP contribution in [0.3, 0.4) is 0 Å². The van der Waals surface area contributed by atoms with Crippen molar-refractivity contribution < 1.29 is 0 Å². The molecule has 1 heteroatoms. The Hall–Kier alpha value is -0.220. The summed E-state index contributed by atoms with van der Waals surface area (Å²) in [4.78, 5) is 0. The third kappa shape index (κ3) is 5.91. The van der Waals surface area contributed by atoms with Crippen LogP contribution < -0.4 is 0 Å². The van der Waals surface area contributed by atoms with E-state index in [2.05, 4.69) is 34.9 Å². The second kappa shape index (κ2) is 6.89. The van der Waals surface area contributed by atoms with Crippen LogP contribution in [0.5, 0.6) is 0 Å². The number of rotatable bonds is 4. The topological polar surface area (TPSA) is 0 Å². The second-order valence-corrected chi connectivity index (χ2v) is 3.03. The van der Waals surface area contributed by atoms with Gasteiger partial charge in [-0.25, -0.2) is 0 Å². The summed E-state index contributed by atoms with van der Waals surface area (Å²) in [6, 6.07) is 0. The fourth-order valence-corrected chi connectivity index (χ4v) is 1.28. The smallest absolute Gasteiger partial charge is 0.0121 e. The van der Waals surface area contributed by atoms with Crippen LogP contribution >= 0.6 is 15.9 Å². The monoisotopic (exact) mass is 200 g/mol. The first-order valence-corrected chi connectivity index (χ1v) is 4.58. The first-order chi connectivity index (χ1) is 4.81. The van der Waals surface area contributed by atoms with Gasteiger partial charge in [0.2, 0.25) is 0 Å². The Morgan fingerprint density at radius 2 is 2.40 bits per heavy atom. The van der Waals surface area contributed by atoms with Crippen molar-refractivity contribution in [2.24, 2.45) is 0 Å². The molecule has 0 unspecified atom stereocenters. The van der Waals surface area contributed by atoms with E-state index in [1.165, 1.54) is 5.57 Å². The molecule has 10 heavy (non-hydrogen) atoms. The molecule has 0 aliphatic rings. The van der Waals surface area contributed by atoms with Crippen molar-refractivity contribution in [3.8, 4) is 12.3 Å². The minimum Gasteiger partial charge on any atom is -0.120 e. The molecule has 56 valence electrons. The molecule has 0 atom stereocenters. The molecule has 0 N–H and O–H groups in total. The maximum absolute atomic E-state index is 5.10. The van der Waals surface area contributed by atoms with Crippen LogP contribution in [0.1, 0.15) is 26.2 Å². The number of hydrogen-bond donors (Lipinski definition) is 0. The summed E-state index contributed by atoms with van der Waals surface area (Å²) in [7, 11) is 0. The van der Waals surface area contributed by atoms with Crippen molar-refractivity contribution >= 4 is 15.9 Å². The van der Waals surface area contributed by atoms with Crippen molar-refractivity contribution in [3.63, 3.8) is 0 Å². The maximum Gasteiger partial charge on any atom is 0.0121 e. The number of allylic oxidation sites excluding steroid dienone is 2. The molecule has 0 aromatic rings. The lowest BCUT2D eigenvalue weighted by Crippen LogP contribution is -1.77. The largest absolute Gasteiger partial charge is 0.120 e. The average Bonchev–Trinajstić information content (AvgIpc) is 1.89. The van der Waals surface area contributed by atoms with Gasteiger partial charge in [0.25, 0.3) is 0 Å². The minimum absolute atomic E-state index is 0.861. The molecule has 0 aromatic heterocycles. The molecule has 0 amide bonds. The van der Waals surface area contributed by atoms with Gasteiger partial charge in [-0.2, -0.15) is 0 Å². The summed E-state index contributed by atoms with van der Waals surface area (Å²) in [6.45, 7) is 2.14. The van der Waals surface area contributed by atoms with Crippen molar-refractivity contribution in [2.75, 3.05) is 5.33 Å². The van der Waals surface area contributed by atoms with E-state index < -0.39 is 0 Å². The molecule has 0 bridgehead atoms. The van der Waals surface area contributed by atoms with Gasteiger partial charge in [-0.3, -0.25) is 0 Å². The van der Waals surface area contributed by atoms with Gasteiger partial charge < -0.3 is 0 Å². The Kier molecular flexibility index (Phi) is 6.74. The second-order valence-electron chi connectivity index (χ2n) is 2.23. The summed E-state index contributed by atoms with van der Waals surface area (Å²) in [5.41, 5.74) is 1.42. The number of halogens is 1. The fraction of sp³-hybridized carbons (Fsp3) is 0.556. The third-order valence-electron chi connectivity index (χ3n) is 1.27. The Bertz CT molecular complexity index is 139. The van der Waals surface area contributed by atoms with Gasteiger partial charge in [-0.1, -0.05) is 27.6 Å². The number of hydrogen-bond acceptors (Lipinski definition) is 0. The maximum atomic E-state index is 5.10. The molecule has 0 heterocycles. The van der Waals surface area contributed by atoms with Crippen LogP contribution in [-0.2, 0) is 0 Å². The van der Waals surface area contributed by atoms with Gasteiger partial charge >= 0.3 is 0 Å². The van der Waals surface area contributed by atoms with E-state index in [0.717, 1.165) is 24.6 Å². The van der Waals surface area contributed by atoms with Crippen LogP contribution in [0, 0.1) is 12.3 Å². The molecule has 0 saturated carbocycles. The highest BCUT2D eigenvalue weighted by Gasteiger charge is 1.85. The standard InChI is InChI=1S/C9H13Br/c1-3-4-5-6-9(2)7-8-10/h1,6H,4-5,7-8H2,2H3. The van der Waals surface area contributed by atoms with Crippen molar-refractivity contribution in [3.05, 3.63) is 11.6 Å². The van der Waals surface area contributed by atoms with Gasteiger partial charge in [0.15, 0.2) is 0 Å². The summed E-state index contributed by atoms with van der Waals surface area (Å²) in [6.07, 6.45) is 10.3. The molecule has 0 nitrogen and oxygen atoms in total. The van der Waals surface area contributed by atoms with Crippen LogP contribution in [-0.4, -0.2) is 5.33 Å². The Balaban J connectivity index is 3.39. The summed E-state index contributed by atoms with van der Waals surface area (Å²) < 4.78 is 0. The van der Waals surface area contributed by atoms with Crippen molar-refractivity contribution in [1.82, 2.24) is 0 Å². The molecule has 0 aliphatic carbocycles. The Labute approximate surface area is 71.8 Å². The lowest BCUT2D eigenvalue weighted by Gasteiger charge is -1.94. The van der Waals surface area contributed by atoms with Gasteiger partial charge in [-0.05, 0) is 19.8 Å². The highest BCUT2D eigenvalue weighted by molar-refractivity contribution is 9.09. The Morgan fingerprint density at radius 3 is 2.90 bits per heavy atom. The zero-order chi connectivity index (χ0) is 7.82. The molecular formula is C9H13Br. The normalized spacial score (nSPS) is 11.1. The zero-order valence-electron chi connectivity index (χ0n) is 6.36. The summed E-state index contributed by atoms with van der Waals surface area (Å²) in [5, 5.41) is 1.05. The molecular weight excluding hydrogens is 188 g/mol.